The van der Waals surface area contributed by atoms with Gasteiger partial charge in [-0.3, -0.25) is 0 Å². The van der Waals surface area contributed by atoms with E-state index >= 15 is 0 Å². The highest BCUT2D eigenvalue weighted by Gasteiger charge is 2.19. The third kappa shape index (κ3) is 6.05. The highest BCUT2D eigenvalue weighted by atomic mass is 79.9. The van der Waals surface area contributed by atoms with Crippen molar-refractivity contribution in [2.45, 2.75) is 32.3 Å². The molecule has 0 radical (unpaired) electrons. The van der Waals surface area contributed by atoms with E-state index in [1.165, 1.54) is 6.07 Å². The van der Waals surface area contributed by atoms with Crippen LogP contribution in [0.15, 0.2) is 46.9 Å². The van der Waals surface area contributed by atoms with Gasteiger partial charge in [-0.15, -0.1) is 0 Å². The summed E-state index contributed by atoms with van der Waals surface area (Å²) in [6.07, 6.45) is 2.73. The van der Waals surface area contributed by atoms with Gasteiger partial charge >= 0.3 is 11.9 Å². The molecule has 1 saturated heterocycles. The summed E-state index contributed by atoms with van der Waals surface area (Å²) in [6.45, 7) is 3.54. The maximum atomic E-state index is 12.5. The largest absolute Gasteiger partial charge is 0.492 e. The van der Waals surface area contributed by atoms with E-state index in [0.717, 1.165) is 19.3 Å². The Morgan fingerprint density at radius 3 is 2.69 bits per heavy atom. The number of carbonyl (C=O) groups is 2. The van der Waals surface area contributed by atoms with Crippen LogP contribution in [0.1, 0.15) is 46.9 Å². The fourth-order valence-electron chi connectivity index (χ4n) is 2.84. The normalized spacial score (nSPS) is 15.7. The van der Waals surface area contributed by atoms with Crippen LogP contribution in [-0.2, 0) is 9.47 Å². The fourth-order valence-corrected chi connectivity index (χ4v) is 3.33. The van der Waals surface area contributed by atoms with E-state index in [1.807, 2.05) is 6.92 Å². The zero-order chi connectivity index (χ0) is 20.6. The Labute approximate surface area is 178 Å². The minimum absolute atomic E-state index is 0.0392. The van der Waals surface area contributed by atoms with Gasteiger partial charge in [-0.2, -0.15) is 0 Å². The van der Waals surface area contributed by atoms with E-state index in [2.05, 4.69) is 15.9 Å². The lowest BCUT2D eigenvalue weighted by Crippen LogP contribution is -2.18. The summed E-state index contributed by atoms with van der Waals surface area (Å²) >= 11 is 3.40. The molecule has 0 amide bonds. The van der Waals surface area contributed by atoms with Crippen LogP contribution in [0.2, 0.25) is 0 Å². The molecule has 0 spiro atoms. The number of benzene rings is 2. The van der Waals surface area contributed by atoms with Crippen LogP contribution in [0.25, 0.3) is 0 Å². The predicted octanol–water partition coefficient (Wildman–Crippen LogP) is 4.79. The molecule has 154 valence electrons. The number of hydrogen-bond acceptors (Lipinski definition) is 6. The van der Waals surface area contributed by atoms with Crippen molar-refractivity contribution in [1.82, 2.24) is 0 Å². The minimum Gasteiger partial charge on any atom is -0.492 e. The molecule has 0 N–H and O–H groups in total. The van der Waals surface area contributed by atoms with Gasteiger partial charge in [0.15, 0.2) is 0 Å². The first-order chi connectivity index (χ1) is 14.1. The molecule has 6 nitrogen and oxygen atoms in total. The molecule has 1 aliphatic heterocycles. The van der Waals surface area contributed by atoms with Crippen LogP contribution < -0.4 is 9.47 Å². The van der Waals surface area contributed by atoms with Gasteiger partial charge in [0.2, 0.25) is 0 Å². The van der Waals surface area contributed by atoms with Crippen molar-refractivity contribution >= 4 is 27.9 Å². The number of rotatable bonds is 8. The highest BCUT2D eigenvalue weighted by molar-refractivity contribution is 9.10. The minimum atomic E-state index is -0.530. The van der Waals surface area contributed by atoms with Gasteiger partial charge in [0.25, 0.3) is 0 Å². The van der Waals surface area contributed by atoms with Crippen molar-refractivity contribution in [3.8, 4) is 11.5 Å². The first-order valence-corrected chi connectivity index (χ1v) is 10.4. The van der Waals surface area contributed by atoms with Crippen LogP contribution in [-0.4, -0.2) is 37.9 Å². The first-order valence-electron chi connectivity index (χ1n) is 9.60. The lowest BCUT2D eigenvalue weighted by Gasteiger charge is -2.11. The Hall–Kier alpha value is -2.38. The Morgan fingerprint density at radius 2 is 1.97 bits per heavy atom. The summed E-state index contributed by atoms with van der Waals surface area (Å²) in [5.74, 6) is -0.0698. The summed E-state index contributed by atoms with van der Waals surface area (Å²) in [5.41, 5.74) is 0.685. The van der Waals surface area contributed by atoms with E-state index in [-0.39, 0.29) is 18.5 Å². The van der Waals surface area contributed by atoms with Gasteiger partial charge in [-0.1, -0.05) is 13.0 Å². The number of hydrogen-bond donors (Lipinski definition) is 0. The van der Waals surface area contributed by atoms with Gasteiger partial charge in [0, 0.05) is 6.61 Å². The first kappa shape index (κ1) is 21.3. The average molecular weight is 463 g/mol. The summed E-state index contributed by atoms with van der Waals surface area (Å²) in [4.78, 5) is 24.7. The lowest BCUT2D eigenvalue weighted by molar-refractivity contribution is 0.0161. The smallest absolute Gasteiger partial charge is 0.343 e. The molecule has 1 fully saturated rings. The molecular formula is C22H23BrO6. The second-order valence-electron chi connectivity index (χ2n) is 6.64. The second-order valence-corrected chi connectivity index (χ2v) is 7.50. The van der Waals surface area contributed by atoms with E-state index in [0.29, 0.717) is 34.6 Å². The third-order valence-corrected chi connectivity index (χ3v) is 4.95. The molecule has 0 saturated carbocycles. The number of halogens is 1. The summed E-state index contributed by atoms with van der Waals surface area (Å²) < 4.78 is 22.4. The van der Waals surface area contributed by atoms with Gasteiger partial charge in [-0.25, -0.2) is 9.59 Å². The molecule has 7 heteroatoms. The van der Waals surface area contributed by atoms with E-state index in [1.54, 1.807) is 36.4 Å². The SMILES string of the molecule is CCCOc1ccc(C(=O)Oc2cccc(C(=O)OCC3CCCO3)c2)cc1Br. The quantitative estimate of drug-likeness (QED) is 0.414. The van der Waals surface area contributed by atoms with Crippen molar-refractivity contribution < 1.29 is 28.5 Å². The molecule has 0 bridgehead atoms. The van der Waals surface area contributed by atoms with Crippen molar-refractivity contribution in [2.24, 2.45) is 0 Å². The Balaban J connectivity index is 1.61. The molecule has 1 aliphatic rings. The van der Waals surface area contributed by atoms with Crippen LogP contribution in [0.5, 0.6) is 11.5 Å². The predicted molar refractivity (Wildman–Crippen MR) is 111 cm³/mol. The third-order valence-electron chi connectivity index (χ3n) is 4.33. The Bertz CT molecular complexity index is 860. The summed E-state index contributed by atoms with van der Waals surface area (Å²) in [5, 5.41) is 0. The van der Waals surface area contributed by atoms with Crippen LogP contribution in [0, 0.1) is 0 Å². The zero-order valence-corrected chi connectivity index (χ0v) is 17.8. The Kier molecular flexibility index (Phi) is 7.66. The lowest BCUT2D eigenvalue weighted by atomic mass is 10.2. The molecule has 0 aromatic heterocycles. The molecule has 1 heterocycles. The number of carbonyl (C=O) groups excluding carboxylic acids is 2. The fraction of sp³-hybridized carbons (Fsp3) is 0.364. The average Bonchev–Trinajstić information content (AvgIpc) is 3.25. The van der Waals surface area contributed by atoms with Gasteiger partial charge in [0.05, 0.1) is 28.3 Å². The van der Waals surface area contributed by atoms with Crippen LogP contribution in [0.4, 0.5) is 0 Å². The van der Waals surface area contributed by atoms with Crippen molar-refractivity contribution in [3.63, 3.8) is 0 Å². The van der Waals surface area contributed by atoms with Crippen molar-refractivity contribution in [1.29, 1.82) is 0 Å². The monoisotopic (exact) mass is 462 g/mol. The zero-order valence-electron chi connectivity index (χ0n) is 16.2. The van der Waals surface area contributed by atoms with Crippen molar-refractivity contribution in [3.05, 3.63) is 58.1 Å². The standard InChI is InChI=1S/C22H23BrO6/c1-2-10-27-20-9-8-16(13-19(20)23)22(25)29-17-6-3-5-15(12-17)21(24)28-14-18-7-4-11-26-18/h3,5-6,8-9,12-13,18H,2,4,7,10-11,14H2,1H3. The molecular weight excluding hydrogens is 440 g/mol. The van der Waals surface area contributed by atoms with Crippen molar-refractivity contribution in [2.75, 3.05) is 19.8 Å². The molecule has 0 aliphatic carbocycles. The molecule has 1 unspecified atom stereocenters. The number of ether oxygens (including phenoxy) is 4. The molecule has 2 aromatic rings. The maximum Gasteiger partial charge on any atom is 0.343 e. The molecule has 29 heavy (non-hydrogen) atoms. The maximum absolute atomic E-state index is 12.5. The topological polar surface area (TPSA) is 71.1 Å². The summed E-state index contributed by atoms with van der Waals surface area (Å²) in [6, 6.07) is 11.4. The van der Waals surface area contributed by atoms with E-state index < -0.39 is 11.9 Å². The highest BCUT2D eigenvalue weighted by Crippen LogP contribution is 2.27. The molecule has 2 aromatic carbocycles. The van der Waals surface area contributed by atoms with Gasteiger partial charge < -0.3 is 18.9 Å². The second kappa shape index (κ2) is 10.4. The Morgan fingerprint density at radius 1 is 1.14 bits per heavy atom. The van der Waals surface area contributed by atoms with Crippen LogP contribution >= 0.6 is 15.9 Å². The van der Waals surface area contributed by atoms with E-state index in [4.69, 9.17) is 18.9 Å². The summed E-state index contributed by atoms with van der Waals surface area (Å²) in [7, 11) is 0. The molecule has 1 atom stereocenters. The van der Waals surface area contributed by atoms with Gasteiger partial charge in [0.1, 0.15) is 18.1 Å². The molecule has 3 rings (SSSR count). The van der Waals surface area contributed by atoms with Crippen LogP contribution in [0.3, 0.4) is 0 Å². The van der Waals surface area contributed by atoms with E-state index in [9.17, 15) is 9.59 Å². The number of esters is 2. The van der Waals surface area contributed by atoms with Gasteiger partial charge in [-0.05, 0) is 71.6 Å².